The maximum atomic E-state index is 13.6. The lowest BCUT2D eigenvalue weighted by molar-refractivity contribution is -0.136. The summed E-state index contributed by atoms with van der Waals surface area (Å²) in [6.07, 6.45) is 5.02. The first-order chi connectivity index (χ1) is 26.7. The van der Waals surface area contributed by atoms with Crippen LogP contribution in [0.15, 0.2) is 73.3 Å². The highest BCUT2D eigenvalue weighted by Crippen LogP contribution is 2.37. The average Bonchev–Trinajstić information content (AvgIpc) is 3.72. The van der Waals surface area contributed by atoms with E-state index in [0.29, 0.717) is 54.5 Å². The smallest absolute Gasteiger partial charge is 0.270 e. The number of rotatable bonds is 8. The highest BCUT2D eigenvalue weighted by Gasteiger charge is 2.46. The number of nitrogens with one attached hydrogen (secondary N) is 3. The first-order valence-corrected chi connectivity index (χ1v) is 18.4. The fourth-order valence-corrected chi connectivity index (χ4v) is 7.93. The van der Waals surface area contributed by atoms with Crippen LogP contribution in [0.5, 0.6) is 0 Å². The van der Waals surface area contributed by atoms with E-state index < -0.39 is 29.7 Å². The van der Waals surface area contributed by atoms with Crippen molar-refractivity contribution in [2.75, 3.05) is 41.3 Å². The largest absolute Gasteiger partial charge is 0.368 e. The van der Waals surface area contributed by atoms with E-state index in [9.17, 15) is 24.0 Å². The number of pyridine rings is 1. The minimum absolute atomic E-state index is 0.0462. The summed E-state index contributed by atoms with van der Waals surface area (Å²) in [6, 6.07) is 17.9. The van der Waals surface area contributed by atoms with Gasteiger partial charge >= 0.3 is 0 Å². The first-order valence-electron chi connectivity index (χ1n) is 18.4. The van der Waals surface area contributed by atoms with Gasteiger partial charge in [-0.1, -0.05) is 12.1 Å². The van der Waals surface area contributed by atoms with Crippen LogP contribution in [0.25, 0.3) is 11.2 Å². The number of benzene rings is 2. The van der Waals surface area contributed by atoms with E-state index in [2.05, 4.69) is 45.7 Å². The molecule has 0 bridgehead atoms. The van der Waals surface area contributed by atoms with Crippen molar-refractivity contribution < 1.29 is 24.0 Å². The van der Waals surface area contributed by atoms with Crippen molar-refractivity contribution in [2.45, 2.75) is 50.7 Å². The van der Waals surface area contributed by atoms with Crippen LogP contribution in [0.1, 0.15) is 68.6 Å². The van der Waals surface area contributed by atoms with Gasteiger partial charge in [-0.25, -0.2) is 19.9 Å². The number of carbonyl (C=O) groups excluding carboxylic acids is 5. The van der Waals surface area contributed by atoms with Gasteiger partial charge in [-0.05, 0) is 74.7 Å². The van der Waals surface area contributed by atoms with Crippen LogP contribution >= 0.6 is 0 Å². The zero-order valence-corrected chi connectivity index (χ0v) is 29.9. The summed E-state index contributed by atoms with van der Waals surface area (Å²) in [5.41, 5.74) is 5.74. The normalized spacial score (nSPS) is 21.0. The molecule has 5 amide bonds. The number of hydrogen-bond acceptors (Lipinski definition) is 12. The number of piperidine rings is 1. The first kappa shape index (κ1) is 34.1. The zero-order chi connectivity index (χ0) is 37.8. The summed E-state index contributed by atoms with van der Waals surface area (Å²) in [5.74, 6) is -1.61. The number of imidazole rings is 1. The van der Waals surface area contributed by atoms with Gasteiger partial charge < -0.3 is 25.0 Å². The van der Waals surface area contributed by atoms with Crippen molar-refractivity contribution in [3.05, 3.63) is 95.8 Å². The summed E-state index contributed by atoms with van der Waals surface area (Å²) < 4.78 is 2.05. The number of hydrogen-bond donors (Lipinski definition) is 3. The third-order valence-corrected chi connectivity index (χ3v) is 10.9. The number of fused-ring (bicyclic) bond motifs is 2. The maximum Gasteiger partial charge on any atom is 0.270 e. The molecule has 9 rings (SSSR count). The molecule has 0 unspecified atom stereocenters. The highest BCUT2D eigenvalue weighted by molar-refractivity contribution is 6.25. The molecule has 16 nitrogen and oxygen atoms in total. The summed E-state index contributed by atoms with van der Waals surface area (Å²) in [6.45, 7) is 4.48. The Morgan fingerprint density at radius 2 is 1.62 bits per heavy atom. The number of piperazine rings is 1. The third-order valence-electron chi connectivity index (χ3n) is 10.9. The minimum atomic E-state index is -1.00. The third kappa shape index (κ3) is 6.18. The van der Waals surface area contributed by atoms with Crippen molar-refractivity contribution in [3.63, 3.8) is 0 Å². The molecule has 3 fully saturated rings. The van der Waals surface area contributed by atoms with Gasteiger partial charge in [-0.3, -0.25) is 34.2 Å². The Hall–Kier alpha value is -6.71. The topological polar surface area (TPSA) is 188 Å². The van der Waals surface area contributed by atoms with Gasteiger partial charge in [0.05, 0.1) is 23.1 Å². The molecule has 2 aromatic carbocycles. The van der Waals surface area contributed by atoms with E-state index in [0.717, 1.165) is 40.5 Å². The Balaban J connectivity index is 0.818. The van der Waals surface area contributed by atoms with Crippen LogP contribution in [-0.4, -0.2) is 97.2 Å². The zero-order valence-electron chi connectivity index (χ0n) is 29.9. The molecule has 55 heavy (non-hydrogen) atoms. The van der Waals surface area contributed by atoms with Gasteiger partial charge in [0.2, 0.25) is 11.8 Å². The molecular weight excluding hydrogens is 703 g/mol. The highest BCUT2D eigenvalue weighted by atomic mass is 16.2. The fraction of sp³-hybridized carbons (Fsp3) is 0.308. The van der Waals surface area contributed by atoms with Crippen LogP contribution in [0.4, 0.5) is 22.9 Å². The number of amides is 5. The molecule has 1 aliphatic carbocycles. The molecule has 1 saturated carbocycles. The average molecular weight is 740 g/mol. The Kier molecular flexibility index (Phi) is 8.43. The maximum absolute atomic E-state index is 13.6. The predicted molar refractivity (Wildman–Crippen MR) is 201 cm³/mol. The van der Waals surface area contributed by atoms with Gasteiger partial charge in [0.1, 0.15) is 18.1 Å². The summed E-state index contributed by atoms with van der Waals surface area (Å²) in [7, 11) is 0. The molecule has 6 heterocycles. The molecule has 5 aromatic rings. The van der Waals surface area contributed by atoms with Crippen LogP contribution in [0.2, 0.25) is 0 Å². The monoisotopic (exact) mass is 739 g/mol. The Labute approximate surface area is 314 Å². The van der Waals surface area contributed by atoms with Gasteiger partial charge in [0.25, 0.3) is 17.7 Å². The second-order valence-corrected chi connectivity index (χ2v) is 14.3. The number of nitrogens with zero attached hydrogens (tertiary/aromatic N) is 8. The van der Waals surface area contributed by atoms with Crippen LogP contribution < -0.4 is 25.8 Å². The van der Waals surface area contributed by atoms with Crippen LogP contribution in [0.3, 0.4) is 0 Å². The molecule has 4 aliphatic rings. The predicted octanol–water partition coefficient (Wildman–Crippen LogP) is 3.13. The molecule has 0 radical (unpaired) electrons. The summed E-state index contributed by atoms with van der Waals surface area (Å²) >= 11 is 0. The second-order valence-electron chi connectivity index (χ2n) is 14.3. The summed E-state index contributed by atoms with van der Waals surface area (Å²) in [5, 5.41) is 8.72. The lowest BCUT2D eigenvalue weighted by atomic mass is 9.86. The van der Waals surface area contributed by atoms with Crippen LogP contribution in [-0.2, 0) is 9.59 Å². The van der Waals surface area contributed by atoms with E-state index in [1.165, 1.54) is 6.33 Å². The second kappa shape index (κ2) is 13.6. The molecule has 3 N–H and O–H groups in total. The number of aryl methyl sites for hydroxylation is 1. The van der Waals surface area contributed by atoms with Crippen molar-refractivity contribution in [1.29, 1.82) is 0 Å². The summed E-state index contributed by atoms with van der Waals surface area (Å²) in [4.78, 5) is 87.2. The van der Waals surface area contributed by atoms with Crippen molar-refractivity contribution in [3.8, 4) is 0 Å². The molecule has 3 aliphatic heterocycles. The van der Waals surface area contributed by atoms with E-state index in [1.54, 1.807) is 24.5 Å². The molecule has 1 atom stereocenters. The van der Waals surface area contributed by atoms with E-state index >= 15 is 0 Å². The Bertz CT molecular complexity index is 2380. The van der Waals surface area contributed by atoms with Crippen molar-refractivity contribution in [1.82, 2.24) is 40.0 Å². The lowest BCUT2D eigenvalue weighted by Gasteiger charge is -2.38. The quantitative estimate of drug-likeness (QED) is 0.198. The van der Waals surface area contributed by atoms with Crippen molar-refractivity contribution in [2.24, 2.45) is 0 Å². The number of aromatic nitrogens is 5. The van der Waals surface area contributed by atoms with Gasteiger partial charge in [-0.2, -0.15) is 0 Å². The molecule has 278 valence electrons. The van der Waals surface area contributed by atoms with Crippen LogP contribution in [0, 0.1) is 6.92 Å². The van der Waals surface area contributed by atoms with Gasteiger partial charge in [-0.15, -0.1) is 0 Å². The molecular formula is C39H37N11O5. The van der Waals surface area contributed by atoms with E-state index in [-0.39, 0.29) is 36.4 Å². The van der Waals surface area contributed by atoms with E-state index in [1.807, 2.05) is 54.0 Å². The van der Waals surface area contributed by atoms with E-state index in [4.69, 9.17) is 0 Å². The van der Waals surface area contributed by atoms with Gasteiger partial charge in [0.15, 0.2) is 17.0 Å². The minimum Gasteiger partial charge on any atom is -0.368 e. The number of carbonyl (C=O) groups is 5. The molecule has 2 saturated heterocycles. The number of imide groups is 2. The Morgan fingerprint density at radius 3 is 2.38 bits per heavy atom. The molecule has 16 heteroatoms. The fourth-order valence-electron chi connectivity index (χ4n) is 7.93. The molecule has 0 spiro atoms. The number of anilines is 4. The Morgan fingerprint density at radius 1 is 0.855 bits per heavy atom. The molecule has 3 aromatic heterocycles. The van der Waals surface area contributed by atoms with Crippen molar-refractivity contribution >= 4 is 63.6 Å². The standard InChI is InChI=1S/C39H37N11O5/c1-22-4-2-6-28(43-22)36(52)45-24-18-26(19-24)49-21-42-33-34(40-20-41-35(33)49)44-23-8-10-25(11-9-23)47-14-16-48(17-15-47)29-7-3-5-27-32(29)39(55)50(38(27)54)30-12-13-31(51)46-37(30)53/h2-11,20-21,24,26,30H,12-19H2,1H3,(H,45,52)(H,40,41,44)(H,46,51,53)/t24?,26?,30-/m0/s1. The lowest BCUT2D eigenvalue weighted by Crippen LogP contribution is -2.54. The SMILES string of the molecule is Cc1cccc(C(=O)NC2CC(n3cnc4c(Nc5ccc(N6CCN(c7cccc8c7C(=O)N([C@H]7CCC(=O)NC7=O)C8=O)CC6)cc5)ncnc43)C2)n1. The van der Waals surface area contributed by atoms with Gasteiger partial charge in [0, 0.05) is 61.8 Å².